The van der Waals surface area contributed by atoms with Crippen LogP contribution < -0.4 is 5.32 Å². The molecule has 2 fully saturated rings. The Morgan fingerprint density at radius 1 is 1.28 bits per heavy atom. The van der Waals surface area contributed by atoms with Gasteiger partial charge in [-0.3, -0.25) is 0 Å². The van der Waals surface area contributed by atoms with E-state index >= 15 is 0 Å². The molecule has 0 saturated heterocycles. The van der Waals surface area contributed by atoms with Crippen molar-refractivity contribution >= 4 is 22.9 Å². The molecule has 1 atom stereocenters. The van der Waals surface area contributed by atoms with Gasteiger partial charge < -0.3 is 5.32 Å². The zero-order valence-electron chi connectivity index (χ0n) is 10.8. The third kappa shape index (κ3) is 3.28. The normalized spacial score (nSPS) is 22.5. The van der Waals surface area contributed by atoms with Gasteiger partial charge in [0.1, 0.15) is 0 Å². The predicted molar refractivity (Wildman–Crippen MR) is 79.5 cm³/mol. The topological polar surface area (TPSA) is 12.0 Å². The molecule has 0 amide bonds. The fourth-order valence-corrected chi connectivity index (χ4v) is 4.36. The molecule has 1 heterocycles. The lowest BCUT2D eigenvalue weighted by Crippen LogP contribution is -2.30. The lowest BCUT2D eigenvalue weighted by molar-refractivity contribution is 0.321. The minimum absolute atomic E-state index is 0.796. The van der Waals surface area contributed by atoms with Gasteiger partial charge in [0.15, 0.2) is 0 Å². The average molecular weight is 284 g/mol. The maximum atomic E-state index is 6.26. The molecule has 1 nitrogen and oxygen atoms in total. The predicted octanol–water partition coefficient (Wildman–Crippen LogP) is 4.50. The van der Waals surface area contributed by atoms with Crippen LogP contribution in [0.1, 0.15) is 43.4 Å². The summed E-state index contributed by atoms with van der Waals surface area (Å²) in [6.07, 6.45) is 9.68. The molecule has 1 aromatic heterocycles. The molecular weight excluding hydrogens is 262 g/mol. The lowest BCUT2D eigenvalue weighted by atomic mass is 9.87. The Morgan fingerprint density at radius 3 is 2.67 bits per heavy atom. The lowest BCUT2D eigenvalue weighted by Gasteiger charge is -2.23. The second kappa shape index (κ2) is 5.94. The molecule has 1 unspecified atom stereocenters. The molecule has 100 valence electrons. The van der Waals surface area contributed by atoms with Gasteiger partial charge in [-0.05, 0) is 49.1 Å². The van der Waals surface area contributed by atoms with Crippen molar-refractivity contribution in [2.75, 3.05) is 6.54 Å². The van der Waals surface area contributed by atoms with E-state index in [1.807, 2.05) is 17.4 Å². The van der Waals surface area contributed by atoms with Crippen LogP contribution >= 0.6 is 22.9 Å². The van der Waals surface area contributed by atoms with E-state index in [9.17, 15) is 0 Å². The van der Waals surface area contributed by atoms with Crippen molar-refractivity contribution in [2.24, 2.45) is 11.8 Å². The van der Waals surface area contributed by atoms with E-state index in [4.69, 9.17) is 11.6 Å². The minimum Gasteiger partial charge on any atom is -0.314 e. The molecule has 0 aliphatic heterocycles. The standard InChI is InChI=1S/C15H22ClNS/c16-14-7-8-18-15(14)9-12(10-17-13-5-6-13)11-3-1-2-4-11/h7-8,11-13,17H,1-6,9-10H2. The molecule has 3 rings (SSSR count). The molecule has 3 heteroatoms. The van der Waals surface area contributed by atoms with Crippen LogP contribution in [0.2, 0.25) is 5.02 Å². The Kier molecular flexibility index (Phi) is 4.27. The van der Waals surface area contributed by atoms with Crippen molar-refractivity contribution in [1.29, 1.82) is 0 Å². The summed E-state index contributed by atoms with van der Waals surface area (Å²) < 4.78 is 0. The first-order valence-corrected chi connectivity index (χ1v) is 8.54. The van der Waals surface area contributed by atoms with Crippen molar-refractivity contribution in [3.8, 4) is 0 Å². The van der Waals surface area contributed by atoms with Gasteiger partial charge >= 0.3 is 0 Å². The molecule has 0 aromatic carbocycles. The van der Waals surface area contributed by atoms with Crippen molar-refractivity contribution in [3.05, 3.63) is 21.3 Å². The summed E-state index contributed by atoms with van der Waals surface area (Å²) in [7, 11) is 0. The quantitative estimate of drug-likeness (QED) is 0.810. The zero-order valence-corrected chi connectivity index (χ0v) is 12.4. The van der Waals surface area contributed by atoms with Crippen molar-refractivity contribution in [2.45, 2.75) is 51.0 Å². The highest BCUT2D eigenvalue weighted by Gasteiger charge is 2.28. The monoisotopic (exact) mass is 283 g/mol. The van der Waals surface area contributed by atoms with Crippen molar-refractivity contribution in [1.82, 2.24) is 5.32 Å². The summed E-state index contributed by atoms with van der Waals surface area (Å²) in [6, 6.07) is 2.87. The van der Waals surface area contributed by atoms with Gasteiger partial charge in [0.25, 0.3) is 0 Å². The molecule has 2 aliphatic rings. The van der Waals surface area contributed by atoms with Crippen molar-refractivity contribution < 1.29 is 0 Å². The van der Waals surface area contributed by atoms with Crippen LogP contribution in [0.4, 0.5) is 0 Å². The Hall–Kier alpha value is -0.0500. The molecule has 0 bridgehead atoms. The minimum atomic E-state index is 0.796. The fourth-order valence-electron chi connectivity index (χ4n) is 3.15. The zero-order chi connectivity index (χ0) is 12.4. The maximum Gasteiger partial charge on any atom is 0.0545 e. The van der Waals surface area contributed by atoms with E-state index in [0.29, 0.717) is 0 Å². The van der Waals surface area contributed by atoms with E-state index < -0.39 is 0 Å². The Labute approximate surface area is 119 Å². The molecule has 2 saturated carbocycles. The number of hydrogen-bond donors (Lipinski definition) is 1. The van der Waals surface area contributed by atoms with Crippen LogP contribution in [0.25, 0.3) is 0 Å². The second-order valence-corrected chi connectivity index (χ2v) is 7.29. The summed E-state index contributed by atoms with van der Waals surface area (Å²) in [4.78, 5) is 1.39. The van der Waals surface area contributed by atoms with Crippen LogP contribution in [0.5, 0.6) is 0 Å². The van der Waals surface area contributed by atoms with E-state index in [0.717, 1.165) is 22.9 Å². The van der Waals surface area contributed by atoms with E-state index in [-0.39, 0.29) is 0 Å². The third-order valence-corrected chi connectivity index (χ3v) is 5.86. The third-order valence-electron chi connectivity index (χ3n) is 4.45. The first-order chi connectivity index (χ1) is 8.83. The molecule has 0 radical (unpaired) electrons. The summed E-state index contributed by atoms with van der Waals surface area (Å²) in [5, 5.41) is 6.83. The van der Waals surface area contributed by atoms with Crippen LogP contribution in [0.15, 0.2) is 11.4 Å². The average Bonchev–Trinajstić information content (AvgIpc) is 2.87. The number of halogens is 1. The maximum absolute atomic E-state index is 6.26. The number of thiophene rings is 1. The number of rotatable bonds is 6. The van der Waals surface area contributed by atoms with Crippen LogP contribution in [0, 0.1) is 11.8 Å². The van der Waals surface area contributed by atoms with Crippen LogP contribution in [0.3, 0.4) is 0 Å². The Morgan fingerprint density at radius 2 is 2.06 bits per heavy atom. The van der Waals surface area contributed by atoms with E-state index in [1.165, 1.54) is 56.4 Å². The molecule has 0 spiro atoms. The smallest absolute Gasteiger partial charge is 0.0545 e. The highest BCUT2D eigenvalue weighted by atomic mass is 35.5. The van der Waals surface area contributed by atoms with Crippen LogP contribution in [-0.4, -0.2) is 12.6 Å². The molecule has 18 heavy (non-hydrogen) atoms. The summed E-state index contributed by atoms with van der Waals surface area (Å²) >= 11 is 8.08. The first kappa shape index (κ1) is 13.0. The van der Waals surface area contributed by atoms with Gasteiger partial charge in [-0.25, -0.2) is 0 Å². The van der Waals surface area contributed by atoms with Crippen molar-refractivity contribution in [3.63, 3.8) is 0 Å². The van der Waals surface area contributed by atoms with E-state index in [1.54, 1.807) is 0 Å². The Balaban J connectivity index is 1.61. The molecular formula is C15H22ClNS. The summed E-state index contributed by atoms with van der Waals surface area (Å²) in [5.41, 5.74) is 0. The Bertz CT molecular complexity index is 380. The molecule has 1 aromatic rings. The van der Waals surface area contributed by atoms with Gasteiger partial charge in [-0.2, -0.15) is 0 Å². The number of hydrogen-bond acceptors (Lipinski definition) is 2. The van der Waals surface area contributed by atoms with Gasteiger partial charge in [-0.1, -0.05) is 37.3 Å². The van der Waals surface area contributed by atoms with Gasteiger partial charge in [-0.15, -0.1) is 11.3 Å². The SMILES string of the molecule is Clc1ccsc1CC(CNC1CC1)C1CCCC1. The molecule has 1 N–H and O–H groups in total. The fraction of sp³-hybridized carbons (Fsp3) is 0.733. The molecule has 2 aliphatic carbocycles. The largest absolute Gasteiger partial charge is 0.314 e. The number of nitrogens with one attached hydrogen (secondary N) is 1. The first-order valence-electron chi connectivity index (χ1n) is 7.28. The highest BCUT2D eigenvalue weighted by molar-refractivity contribution is 7.10. The van der Waals surface area contributed by atoms with E-state index in [2.05, 4.69) is 10.7 Å². The van der Waals surface area contributed by atoms with Gasteiger partial charge in [0, 0.05) is 10.9 Å². The summed E-state index contributed by atoms with van der Waals surface area (Å²) in [5.74, 6) is 1.72. The highest BCUT2D eigenvalue weighted by Crippen LogP contribution is 2.36. The van der Waals surface area contributed by atoms with Gasteiger partial charge in [0.2, 0.25) is 0 Å². The summed E-state index contributed by atoms with van der Waals surface area (Å²) in [6.45, 7) is 1.20. The van der Waals surface area contributed by atoms with Gasteiger partial charge in [0.05, 0.1) is 5.02 Å². The van der Waals surface area contributed by atoms with Crippen LogP contribution in [-0.2, 0) is 6.42 Å². The second-order valence-electron chi connectivity index (χ2n) is 5.88.